The number of ether oxygens (including phenoxy) is 3. The van der Waals surface area contributed by atoms with Crippen LogP contribution in [0.5, 0.6) is 0 Å². The molecule has 6 nitrogen and oxygen atoms in total. The monoisotopic (exact) mass is 341 g/mol. The first-order valence-corrected chi connectivity index (χ1v) is 8.01. The van der Waals surface area contributed by atoms with Gasteiger partial charge in [-0.1, -0.05) is 60.7 Å². The number of rotatable bonds is 7. The Morgan fingerprint density at radius 1 is 0.960 bits per heavy atom. The highest BCUT2D eigenvalue weighted by atomic mass is 16.6. The van der Waals surface area contributed by atoms with Crippen molar-refractivity contribution in [3.63, 3.8) is 0 Å². The number of hydrogen-bond donors (Lipinski definition) is 0. The predicted molar refractivity (Wildman–Crippen MR) is 91.1 cm³/mol. The van der Waals surface area contributed by atoms with Crippen LogP contribution in [0.25, 0.3) is 0 Å². The molecule has 0 radical (unpaired) electrons. The molecule has 2 aromatic rings. The molecule has 130 valence electrons. The van der Waals surface area contributed by atoms with Crippen LogP contribution in [0.3, 0.4) is 0 Å². The van der Waals surface area contributed by atoms with Crippen LogP contribution in [-0.2, 0) is 27.4 Å². The van der Waals surface area contributed by atoms with E-state index in [-0.39, 0.29) is 18.9 Å². The maximum absolute atomic E-state index is 11.3. The fraction of sp³-hybridized carbons (Fsp3) is 0.263. The summed E-state index contributed by atoms with van der Waals surface area (Å²) in [4.78, 5) is 10.8. The molecule has 2 aromatic carbocycles. The van der Waals surface area contributed by atoms with Crippen molar-refractivity contribution in [3.8, 4) is 0 Å². The van der Waals surface area contributed by atoms with E-state index < -0.39 is 17.1 Å². The predicted octanol–water partition coefficient (Wildman–Crippen LogP) is 3.31. The van der Waals surface area contributed by atoms with E-state index in [0.717, 1.165) is 17.4 Å². The van der Waals surface area contributed by atoms with Crippen LogP contribution in [0.2, 0.25) is 0 Å². The summed E-state index contributed by atoms with van der Waals surface area (Å²) in [6.07, 6.45) is -0.181. The van der Waals surface area contributed by atoms with E-state index in [1.54, 1.807) is 0 Å². The first-order valence-electron chi connectivity index (χ1n) is 8.01. The van der Waals surface area contributed by atoms with Crippen LogP contribution >= 0.6 is 0 Å². The van der Waals surface area contributed by atoms with Gasteiger partial charge in [0, 0.05) is 0 Å². The summed E-state index contributed by atoms with van der Waals surface area (Å²) in [5.74, 6) is 0. The van der Waals surface area contributed by atoms with E-state index in [2.05, 4.69) is 0 Å². The molecule has 25 heavy (non-hydrogen) atoms. The van der Waals surface area contributed by atoms with Crippen molar-refractivity contribution < 1.29 is 19.1 Å². The van der Waals surface area contributed by atoms with Crippen LogP contribution in [0.15, 0.2) is 72.6 Å². The van der Waals surface area contributed by atoms with Crippen LogP contribution in [0.4, 0.5) is 0 Å². The minimum absolute atomic E-state index is 0.125. The van der Waals surface area contributed by atoms with E-state index in [0.29, 0.717) is 6.61 Å². The van der Waals surface area contributed by atoms with Gasteiger partial charge in [0.1, 0.15) is 12.7 Å². The summed E-state index contributed by atoms with van der Waals surface area (Å²) in [6, 6.07) is 19.2. The largest absolute Gasteiger partial charge is 0.491 e. The molecule has 0 unspecified atom stereocenters. The van der Waals surface area contributed by atoms with Gasteiger partial charge in [0.05, 0.1) is 18.1 Å². The molecule has 0 saturated carbocycles. The zero-order valence-corrected chi connectivity index (χ0v) is 13.6. The van der Waals surface area contributed by atoms with Gasteiger partial charge in [-0.2, -0.15) is 0 Å². The van der Waals surface area contributed by atoms with Gasteiger partial charge in [-0.05, 0) is 11.1 Å². The normalized spacial score (nSPS) is 19.8. The summed E-state index contributed by atoms with van der Waals surface area (Å²) in [6.45, 7) is 0.816. The molecular weight excluding hydrogens is 322 g/mol. The summed E-state index contributed by atoms with van der Waals surface area (Å²) in [7, 11) is 0. The standard InChI is InChI=1S/C19H19NO5/c21-20(22)17-13-23-14-18(24-11-15-7-3-1-4-8-15)19(17)25-12-16-9-5-2-6-10-16/h1-10,13,18-19H,11-12,14H2/t18-,19+/m0/s1. The molecule has 0 spiro atoms. The molecule has 6 heteroatoms. The maximum Gasteiger partial charge on any atom is 0.311 e. The average molecular weight is 341 g/mol. The second-order valence-corrected chi connectivity index (χ2v) is 5.69. The average Bonchev–Trinajstić information content (AvgIpc) is 2.66. The molecule has 0 saturated heterocycles. The molecule has 0 fully saturated rings. The molecule has 2 atom stereocenters. The van der Waals surface area contributed by atoms with E-state index in [4.69, 9.17) is 14.2 Å². The number of nitrogens with zero attached hydrogens (tertiary/aromatic N) is 1. The van der Waals surface area contributed by atoms with Crippen LogP contribution in [0.1, 0.15) is 11.1 Å². The smallest absolute Gasteiger partial charge is 0.311 e. The second kappa shape index (κ2) is 8.41. The summed E-state index contributed by atoms with van der Waals surface area (Å²) < 4.78 is 16.9. The van der Waals surface area contributed by atoms with E-state index in [1.807, 2.05) is 60.7 Å². The Balaban J connectivity index is 1.68. The van der Waals surface area contributed by atoms with Gasteiger partial charge in [0.15, 0.2) is 12.4 Å². The number of nitro groups is 1. The topological polar surface area (TPSA) is 70.8 Å². The molecule has 1 heterocycles. The SMILES string of the molecule is O=[N+]([O-])C1=COC[C@H](OCc2ccccc2)[C@@H]1OCc1ccccc1. The van der Waals surface area contributed by atoms with Crippen molar-refractivity contribution in [3.05, 3.63) is 93.9 Å². The van der Waals surface area contributed by atoms with Crippen LogP contribution in [0, 0.1) is 10.1 Å². The molecule has 0 aliphatic carbocycles. The third kappa shape index (κ3) is 4.65. The summed E-state index contributed by atoms with van der Waals surface area (Å²) >= 11 is 0. The van der Waals surface area contributed by atoms with Gasteiger partial charge in [0.2, 0.25) is 0 Å². The Morgan fingerprint density at radius 2 is 1.52 bits per heavy atom. The molecule has 0 bridgehead atoms. The lowest BCUT2D eigenvalue weighted by Gasteiger charge is -2.28. The van der Waals surface area contributed by atoms with Crippen molar-refractivity contribution in [2.24, 2.45) is 0 Å². The Morgan fingerprint density at radius 3 is 2.08 bits per heavy atom. The van der Waals surface area contributed by atoms with Crippen molar-refractivity contribution in [1.29, 1.82) is 0 Å². The van der Waals surface area contributed by atoms with Gasteiger partial charge in [-0.25, -0.2) is 0 Å². The molecule has 0 aromatic heterocycles. The number of benzene rings is 2. The van der Waals surface area contributed by atoms with E-state index in [1.165, 1.54) is 0 Å². The number of hydrogen-bond acceptors (Lipinski definition) is 5. The third-order valence-corrected chi connectivity index (χ3v) is 3.88. The van der Waals surface area contributed by atoms with Crippen molar-refractivity contribution in [2.75, 3.05) is 6.61 Å². The highest BCUT2D eigenvalue weighted by molar-refractivity contribution is 5.15. The quantitative estimate of drug-likeness (QED) is 0.571. The summed E-state index contributed by atoms with van der Waals surface area (Å²) in [5.41, 5.74) is 1.81. The first kappa shape index (κ1) is 17.1. The molecule has 0 amide bonds. The lowest BCUT2D eigenvalue weighted by Crippen LogP contribution is -2.41. The fourth-order valence-electron chi connectivity index (χ4n) is 2.59. The van der Waals surface area contributed by atoms with Crippen LogP contribution in [-0.4, -0.2) is 23.7 Å². The van der Waals surface area contributed by atoms with E-state index in [9.17, 15) is 10.1 Å². The van der Waals surface area contributed by atoms with Gasteiger partial charge in [-0.3, -0.25) is 10.1 Å². The highest BCUT2D eigenvalue weighted by Gasteiger charge is 2.38. The zero-order chi connectivity index (χ0) is 17.5. The minimum Gasteiger partial charge on any atom is -0.491 e. The highest BCUT2D eigenvalue weighted by Crippen LogP contribution is 2.23. The van der Waals surface area contributed by atoms with Crippen molar-refractivity contribution in [1.82, 2.24) is 0 Å². The van der Waals surface area contributed by atoms with Gasteiger partial charge >= 0.3 is 5.70 Å². The molecule has 0 N–H and O–H groups in total. The molecule has 1 aliphatic rings. The molecule has 1 aliphatic heterocycles. The second-order valence-electron chi connectivity index (χ2n) is 5.69. The van der Waals surface area contributed by atoms with Gasteiger partial charge in [-0.15, -0.1) is 0 Å². The van der Waals surface area contributed by atoms with E-state index >= 15 is 0 Å². The Bertz CT molecular complexity index is 717. The van der Waals surface area contributed by atoms with Gasteiger partial charge in [0.25, 0.3) is 0 Å². The Labute approximate surface area is 145 Å². The lowest BCUT2D eigenvalue weighted by atomic mass is 10.1. The molecule has 3 rings (SSSR count). The fourth-order valence-corrected chi connectivity index (χ4v) is 2.59. The van der Waals surface area contributed by atoms with Crippen LogP contribution < -0.4 is 0 Å². The lowest BCUT2D eigenvalue weighted by molar-refractivity contribution is -0.445. The Kier molecular flexibility index (Phi) is 5.77. The third-order valence-electron chi connectivity index (χ3n) is 3.88. The first-order chi connectivity index (χ1) is 12.2. The van der Waals surface area contributed by atoms with Gasteiger partial charge < -0.3 is 14.2 Å². The zero-order valence-electron chi connectivity index (χ0n) is 13.6. The van der Waals surface area contributed by atoms with Crippen molar-refractivity contribution in [2.45, 2.75) is 25.4 Å². The minimum atomic E-state index is -0.785. The molecular formula is C19H19NO5. The van der Waals surface area contributed by atoms with Crippen molar-refractivity contribution >= 4 is 0 Å². The summed E-state index contributed by atoms with van der Waals surface area (Å²) in [5, 5.41) is 11.3. The Hall–Kier alpha value is -2.70. The maximum atomic E-state index is 11.3.